The third-order valence-electron chi connectivity index (χ3n) is 2.23. The number of methoxy groups -OCH3 is 1. The van der Waals surface area contributed by atoms with E-state index in [-0.39, 0.29) is 11.3 Å². The van der Waals surface area contributed by atoms with Crippen LogP contribution in [0.1, 0.15) is 49.4 Å². The molecule has 0 spiro atoms. The predicted octanol–water partition coefficient (Wildman–Crippen LogP) is 3.74. The molecule has 0 radical (unpaired) electrons. The van der Waals surface area contributed by atoms with Gasteiger partial charge < -0.3 is 14.2 Å². The van der Waals surface area contributed by atoms with Gasteiger partial charge in [0.15, 0.2) is 0 Å². The molecule has 0 saturated heterocycles. The molecule has 0 N–H and O–H groups in total. The molecule has 0 aromatic heterocycles. The van der Waals surface area contributed by atoms with Gasteiger partial charge in [0.2, 0.25) is 0 Å². The van der Waals surface area contributed by atoms with Crippen molar-refractivity contribution in [3.8, 4) is 5.75 Å². The molecular weight excluding hydrogens is 352 g/mol. The molecule has 0 saturated carbocycles. The first-order chi connectivity index (χ1) is 11.7. The highest BCUT2D eigenvalue weighted by molar-refractivity contribution is 9.10. The van der Waals surface area contributed by atoms with Gasteiger partial charge >= 0.3 is 11.9 Å². The Balaban J connectivity index is 3.07. The van der Waals surface area contributed by atoms with E-state index >= 15 is 0 Å². The van der Waals surface area contributed by atoms with Gasteiger partial charge in [-0.05, 0) is 45.3 Å². The zero-order valence-electron chi connectivity index (χ0n) is 16.9. The number of hydrogen-bond acceptors (Lipinski definition) is 5. The zero-order valence-corrected chi connectivity index (χ0v) is 14.4. The molecule has 22 heavy (non-hydrogen) atoms. The number of esters is 2. The van der Waals surface area contributed by atoms with Gasteiger partial charge in [-0.15, -0.1) is 0 Å². The topological polar surface area (TPSA) is 61.8 Å². The Hall–Kier alpha value is -1.56. The van der Waals surface area contributed by atoms with Gasteiger partial charge in [0, 0.05) is 13.6 Å². The van der Waals surface area contributed by atoms with Crippen LogP contribution in [0, 0.1) is 0 Å². The molecule has 1 rings (SSSR count). The Labute approximate surface area is 144 Å². The lowest BCUT2D eigenvalue weighted by Gasteiger charge is -2.19. The summed E-state index contributed by atoms with van der Waals surface area (Å²) in [5.41, 5.74) is -0.913. The number of halogens is 1. The maximum absolute atomic E-state index is 11.9. The fourth-order valence-electron chi connectivity index (χ4n) is 1.44. The van der Waals surface area contributed by atoms with Crippen molar-refractivity contribution in [3.63, 3.8) is 0 Å². The van der Waals surface area contributed by atoms with Crippen LogP contribution in [0.5, 0.6) is 5.75 Å². The molecule has 0 aliphatic heterocycles. The van der Waals surface area contributed by atoms with E-state index in [0.717, 1.165) is 7.11 Å². The van der Waals surface area contributed by atoms with Crippen LogP contribution < -0.4 is 4.74 Å². The van der Waals surface area contributed by atoms with Crippen molar-refractivity contribution < 1.29 is 29.3 Å². The highest BCUT2D eigenvalue weighted by Gasteiger charge is 2.16. The fourth-order valence-corrected chi connectivity index (χ4v) is 1.80. The van der Waals surface area contributed by atoms with E-state index in [4.69, 9.17) is 15.0 Å². The Morgan fingerprint density at radius 3 is 2.59 bits per heavy atom. The fraction of sp³-hybridized carbons (Fsp3) is 0.500. The second-order valence-corrected chi connectivity index (χ2v) is 6.19. The first-order valence-electron chi connectivity index (χ1n) is 8.47. The molecule has 0 bridgehead atoms. The van der Waals surface area contributed by atoms with Crippen molar-refractivity contribution in [1.29, 1.82) is 0 Å². The molecule has 0 atom stereocenters. The Morgan fingerprint density at radius 2 is 2.00 bits per heavy atom. The summed E-state index contributed by atoms with van der Waals surface area (Å²) in [4.78, 5) is 23.7. The molecule has 1 aromatic rings. The lowest BCUT2D eigenvalue weighted by atomic mass is 10.2. The van der Waals surface area contributed by atoms with Crippen molar-refractivity contribution in [2.24, 2.45) is 0 Å². The van der Waals surface area contributed by atoms with E-state index in [1.54, 1.807) is 20.8 Å². The Morgan fingerprint density at radius 1 is 1.32 bits per heavy atom. The lowest BCUT2D eigenvalue weighted by Crippen LogP contribution is -2.24. The quantitative estimate of drug-likeness (QED) is 0.707. The monoisotopic (exact) mass is 376 g/mol. The van der Waals surface area contributed by atoms with Crippen LogP contribution in [0.4, 0.5) is 0 Å². The second-order valence-electron chi connectivity index (χ2n) is 5.28. The number of carbonyl (C=O) groups excluding carboxylic acids is 2. The van der Waals surface area contributed by atoms with Gasteiger partial charge in [0.05, 0.1) is 16.4 Å². The van der Waals surface area contributed by atoms with Crippen LogP contribution in [0.15, 0.2) is 22.7 Å². The van der Waals surface area contributed by atoms with Gasteiger partial charge in [-0.3, -0.25) is 4.79 Å². The summed E-state index contributed by atoms with van der Waals surface area (Å²) >= 11 is 3.18. The first kappa shape index (κ1) is 12.9. The van der Waals surface area contributed by atoms with Gasteiger partial charge in [0.1, 0.15) is 16.9 Å². The van der Waals surface area contributed by atoms with Gasteiger partial charge in [-0.2, -0.15) is 0 Å². The van der Waals surface area contributed by atoms with E-state index < -0.39 is 36.9 Å². The number of carbonyl (C=O) groups is 2. The third-order valence-corrected chi connectivity index (χ3v) is 2.73. The van der Waals surface area contributed by atoms with Crippen LogP contribution in [-0.4, -0.2) is 31.2 Å². The van der Waals surface area contributed by atoms with E-state index in [1.807, 2.05) is 0 Å². The van der Waals surface area contributed by atoms with Crippen LogP contribution in [-0.2, 0) is 14.3 Å². The second kappa shape index (κ2) is 8.17. The summed E-state index contributed by atoms with van der Waals surface area (Å²) in [6, 6.07) is 4.17. The third kappa shape index (κ3) is 6.47. The van der Waals surface area contributed by atoms with Crippen molar-refractivity contribution in [2.45, 2.75) is 39.2 Å². The first-order valence-corrected chi connectivity index (χ1v) is 7.26. The van der Waals surface area contributed by atoms with E-state index in [1.165, 1.54) is 18.2 Å². The summed E-state index contributed by atoms with van der Waals surface area (Å²) in [6.07, 6.45) is -3.57. The standard InChI is InChI=1S/C16H21BrO5/c1-16(2,3)22-14(18)6-5-9-21-13-8-7-11(17)10-12(13)15(19)20-4/h7-8,10H,5-6,9H2,1-4H3/i5D2,9D2. The largest absolute Gasteiger partial charge is 0.493 e. The molecule has 0 fully saturated rings. The average Bonchev–Trinajstić information content (AvgIpc) is 2.45. The molecule has 0 aliphatic carbocycles. The van der Waals surface area contributed by atoms with Crippen LogP contribution in [0.25, 0.3) is 0 Å². The minimum absolute atomic E-state index is 0.0844. The number of hydrogen-bond donors (Lipinski definition) is 0. The normalized spacial score (nSPS) is 15.0. The molecule has 0 unspecified atom stereocenters. The molecule has 6 heteroatoms. The van der Waals surface area contributed by atoms with E-state index in [0.29, 0.717) is 4.47 Å². The molecule has 5 nitrogen and oxygen atoms in total. The smallest absolute Gasteiger partial charge is 0.341 e. The molecule has 1 aromatic carbocycles. The van der Waals surface area contributed by atoms with Crippen molar-refractivity contribution >= 4 is 27.9 Å². The maximum Gasteiger partial charge on any atom is 0.341 e. The van der Waals surface area contributed by atoms with E-state index in [9.17, 15) is 9.59 Å². The number of benzene rings is 1. The van der Waals surface area contributed by atoms with E-state index in [2.05, 4.69) is 20.7 Å². The predicted molar refractivity (Wildman–Crippen MR) is 86.1 cm³/mol. The molecular formula is C16H21BrO5. The number of ether oxygens (including phenoxy) is 3. The highest BCUT2D eigenvalue weighted by atomic mass is 79.9. The summed E-state index contributed by atoms with van der Waals surface area (Å²) < 4.78 is 47.0. The van der Waals surface area contributed by atoms with Gasteiger partial charge in [-0.1, -0.05) is 15.9 Å². The molecule has 0 amide bonds. The Kier molecular flexibility index (Phi) is 4.80. The number of rotatable bonds is 6. The summed E-state index contributed by atoms with van der Waals surface area (Å²) in [6.45, 7) is 1.95. The summed E-state index contributed by atoms with van der Waals surface area (Å²) in [5, 5.41) is 0. The van der Waals surface area contributed by atoms with Gasteiger partial charge in [0.25, 0.3) is 0 Å². The average molecular weight is 377 g/mol. The SMILES string of the molecule is [2H]C([2H])(CC(=O)OC(C)(C)C)C([2H])([2H])Oc1ccc(Br)cc1C(=O)OC. The van der Waals surface area contributed by atoms with Crippen molar-refractivity contribution in [1.82, 2.24) is 0 Å². The minimum Gasteiger partial charge on any atom is -0.493 e. The minimum atomic E-state index is -2.92. The Bertz CT molecular complexity index is 686. The highest BCUT2D eigenvalue weighted by Crippen LogP contribution is 2.24. The van der Waals surface area contributed by atoms with Crippen LogP contribution in [0.2, 0.25) is 0 Å². The van der Waals surface area contributed by atoms with Crippen LogP contribution >= 0.6 is 15.9 Å². The van der Waals surface area contributed by atoms with Gasteiger partial charge in [-0.25, -0.2) is 4.79 Å². The van der Waals surface area contributed by atoms with Crippen molar-refractivity contribution in [3.05, 3.63) is 28.2 Å². The molecule has 122 valence electrons. The zero-order chi connectivity index (χ0) is 20.3. The summed E-state index contributed by atoms with van der Waals surface area (Å²) in [5.74, 6) is -1.89. The van der Waals surface area contributed by atoms with Crippen LogP contribution in [0.3, 0.4) is 0 Å². The molecule has 0 heterocycles. The molecule has 0 aliphatic rings. The maximum atomic E-state index is 11.9. The summed E-state index contributed by atoms with van der Waals surface area (Å²) in [7, 11) is 1.16. The van der Waals surface area contributed by atoms with Crippen molar-refractivity contribution in [2.75, 3.05) is 13.7 Å². The lowest BCUT2D eigenvalue weighted by molar-refractivity contribution is -0.155.